The van der Waals surface area contributed by atoms with Crippen molar-refractivity contribution in [3.8, 4) is 0 Å². The third-order valence-corrected chi connectivity index (χ3v) is 7.00. The zero-order valence-corrected chi connectivity index (χ0v) is 14.0. The van der Waals surface area contributed by atoms with E-state index in [4.69, 9.17) is 0 Å². The molecule has 0 aliphatic carbocycles. The Labute approximate surface area is 125 Å². The molecule has 0 amide bonds. The van der Waals surface area contributed by atoms with E-state index in [1.165, 1.54) is 19.5 Å². The van der Waals surface area contributed by atoms with E-state index in [-0.39, 0.29) is 18.0 Å². The minimum atomic E-state index is -3.64. The number of rotatable bonds is 3. The van der Waals surface area contributed by atoms with Gasteiger partial charge in [-0.25, -0.2) is 21.1 Å². The lowest BCUT2D eigenvalue weighted by molar-refractivity contribution is 0.406. The molecule has 1 saturated heterocycles. The van der Waals surface area contributed by atoms with E-state index in [1.54, 1.807) is 14.0 Å². The molecule has 0 radical (unpaired) electrons. The fraction of sp³-hybridized carbons (Fsp3) is 0.727. The van der Waals surface area contributed by atoms with Crippen molar-refractivity contribution in [1.29, 1.82) is 0 Å². The van der Waals surface area contributed by atoms with Crippen LogP contribution in [0.5, 0.6) is 0 Å². The van der Waals surface area contributed by atoms with Crippen LogP contribution in [-0.2, 0) is 27.1 Å². The molecule has 1 aromatic heterocycles. The number of aryl methyl sites for hydroxylation is 1. The molecule has 0 saturated carbocycles. The summed E-state index contributed by atoms with van der Waals surface area (Å²) in [5, 5.41) is 3.96. The Bertz CT molecular complexity index is 723. The van der Waals surface area contributed by atoms with Crippen molar-refractivity contribution >= 4 is 20.0 Å². The highest BCUT2D eigenvalue weighted by atomic mass is 32.2. The zero-order chi connectivity index (χ0) is 15.8. The second-order valence-corrected chi connectivity index (χ2v) is 9.03. The first-order valence-corrected chi connectivity index (χ1v) is 9.87. The van der Waals surface area contributed by atoms with Crippen molar-refractivity contribution in [3.05, 3.63) is 11.9 Å². The SMILES string of the molecule is Cc1c(S(=O)(=O)N2CCCN(S(C)(=O)=O)CC2)cnn1C. The lowest BCUT2D eigenvalue weighted by Gasteiger charge is -2.20. The molecular weight excluding hydrogens is 316 g/mol. The monoisotopic (exact) mass is 336 g/mol. The summed E-state index contributed by atoms with van der Waals surface area (Å²) in [6.07, 6.45) is 2.96. The van der Waals surface area contributed by atoms with Gasteiger partial charge in [-0.05, 0) is 13.3 Å². The second-order valence-electron chi connectivity index (χ2n) is 5.14. The average Bonchev–Trinajstić information content (AvgIpc) is 2.61. The van der Waals surface area contributed by atoms with Crippen LogP contribution in [0.1, 0.15) is 12.1 Å². The Morgan fingerprint density at radius 1 is 1.05 bits per heavy atom. The topological polar surface area (TPSA) is 92.6 Å². The van der Waals surface area contributed by atoms with Crippen LogP contribution in [0.15, 0.2) is 11.1 Å². The molecule has 1 fully saturated rings. The number of hydrogen-bond acceptors (Lipinski definition) is 5. The third kappa shape index (κ3) is 3.28. The molecule has 10 heteroatoms. The van der Waals surface area contributed by atoms with Crippen LogP contribution in [0.4, 0.5) is 0 Å². The molecule has 0 aromatic carbocycles. The largest absolute Gasteiger partial charge is 0.272 e. The smallest absolute Gasteiger partial charge is 0.246 e. The fourth-order valence-corrected chi connectivity index (χ4v) is 4.84. The fourth-order valence-electron chi connectivity index (χ4n) is 2.31. The van der Waals surface area contributed by atoms with Gasteiger partial charge in [0.2, 0.25) is 20.0 Å². The van der Waals surface area contributed by atoms with E-state index in [2.05, 4.69) is 5.10 Å². The Morgan fingerprint density at radius 2 is 1.62 bits per heavy atom. The van der Waals surface area contributed by atoms with Gasteiger partial charge in [-0.3, -0.25) is 4.68 Å². The summed E-state index contributed by atoms with van der Waals surface area (Å²) >= 11 is 0. The van der Waals surface area contributed by atoms with Crippen LogP contribution in [0, 0.1) is 6.92 Å². The first-order valence-electron chi connectivity index (χ1n) is 6.58. The zero-order valence-electron chi connectivity index (χ0n) is 12.4. The maximum atomic E-state index is 12.6. The summed E-state index contributed by atoms with van der Waals surface area (Å²) < 4.78 is 52.6. The molecule has 8 nitrogen and oxygen atoms in total. The van der Waals surface area contributed by atoms with Gasteiger partial charge in [0.25, 0.3) is 0 Å². The van der Waals surface area contributed by atoms with Gasteiger partial charge in [0, 0.05) is 33.2 Å². The highest BCUT2D eigenvalue weighted by Crippen LogP contribution is 2.20. The van der Waals surface area contributed by atoms with Crippen molar-refractivity contribution in [2.45, 2.75) is 18.2 Å². The molecule has 0 bridgehead atoms. The standard InChI is InChI=1S/C11H20N4O4S2/c1-10-11(9-12-13(10)2)21(18,19)15-6-4-5-14(7-8-15)20(3,16)17/h9H,4-8H2,1-3H3. The second kappa shape index (κ2) is 5.67. The highest BCUT2D eigenvalue weighted by molar-refractivity contribution is 7.89. The maximum Gasteiger partial charge on any atom is 0.246 e. The number of sulfonamides is 2. The summed E-state index contributed by atoms with van der Waals surface area (Å²) in [5.74, 6) is 0. The average molecular weight is 336 g/mol. The van der Waals surface area contributed by atoms with Gasteiger partial charge in [0.1, 0.15) is 4.90 Å². The van der Waals surface area contributed by atoms with Crippen molar-refractivity contribution in [3.63, 3.8) is 0 Å². The first kappa shape index (κ1) is 16.4. The van der Waals surface area contributed by atoms with Crippen molar-refractivity contribution in [2.75, 3.05) is 32.4 Å². The summed E-state index contributed by atoms with van der Waals surface area (Å²) in [6.45, 7) is 2.68. The van der Waals surface area contributed by atoms with E-state index in [0.29, 0.717) is 25.2 Å². The minimum absolute atomic E-state index is 0.156. The molecule has 2 heterocycles. The number of hydrogen-bond donors (Lipinski definition) is 0. The van der Waals surface area contributed by atoms with E-state index in [1.807, 2.05) is 0 Å². The van der Waals surface area contributed by atoms with Crippen molar-refractivity contribution in [1.82, 2.24) is 18.4 Å². The molecule has 1 aromatic rings. The predicted octanol–water partition coefficient (Wildman–Crippen LogP) is -0.615. The van der Waals surface area contributed by atoms with Crippen LogP contribution in [-0.4, -0.2) is 67.7 Å². The van der Waals surface area contributed by atoms with E-state index in [9.17, 15) is 16.8 Å². The summed E-state index contributed by atoms with van der Waals surface area (Å²) in [7, 11) is -5.24. The Balaban J connectivity index is 2.24. The summed E-state index contributed by atoms with van der Waals surface area (Å²) in [4.78, 5) is 0.179. The maximum absolute atomic E-state index is 12.6. The van der Waals surface area contributed by atoms with E-state index in [0.717, 1.165) is 6.26 Å². The molecule has 0 N–H and O–H groups in total. The van der Waals surface area contributed by atoms with Crippen LogP contribution >= 0.6 is 0 Å². The number of aromatic nitrogens is 2. The van der Waals surface area contributed by atoms with Gasteiger partial charge in [-0.15, -0.1) is 0 Å². The van der Waals surface area contributed by atoms with Crippen LogP contribution < -0.4 is 0 Å². The quantitative estimate of drug-likeness (QED) is 0.734. The molecule has 1 aliphatic heterocycles. The van der Waals surface area contributed by atoms with Crippen LogP contribution in [0.2, 0.25) is 0 Å². The molecular formula is C11H20N4O4S2. The Morgan fingerprint density at radius 3 is 2.14 bits per heavy atom. The van der Waals surface area contributed by atoms with Crippen LogP contribution in [0.3, 0.4) is 0 Å². The van der Waals surface area contributed by atoms with Gasteiger partial charge < -0.3 is 0 Å². The van der Waals surface area contributed by atoms with Gasteiger partial charge in [0.05, 0.1) is 18.1 Å². The van der Waals surface area contributed by atoms with Crippen molar-refractivity contribution < 1.29 is 16.8 Å². The molecule has 0 unspecified atom stereocenters. The summed E-state index contributed by atoms with van der Waals surface area (Å²) in [6, 6.07) is 0. The molecule has 21 heavy (non-hydrogen) atoms. The van der Waals surface area contributed by atoms with Gasteiger partial charge in [-0.2, -0.15) is 9.40 Å². The van der Waals surface area contributed by atoms with Gasteiger partial charge >= 0.3 is 0 Å². The van der Waals surface area contributed by atoms with Crippen molar-refractivity contribution in [2.24, 2.45) is 7.05 Å². The lowest BCUT2D eigenvalue weighted by Crippen LogP contribution is -2.37. The Kier molecular flexibility index (Phi) is 4.43. The minimum Gasteiger partial charge on any atom is -0.272 e. The van der Waals surface area contributed by atoms with E-state index < -0.39 is 20.0 Å². The molecule has 120 valence electrons. The Hall–Kier alpha value is -0.970. The van der Waals surface area contributed by atoms with Crippen LogP contribution in [0.25, 0.3) is 0 Å². The first-order chi connectivity index (χ1) is 9.64. The van der Waals surface area contributed by atoms with Gasteiger partial charge in [-0.1, -0.05) is 0 Å². The molecule has 0 atom stereocenters. The molecule has 2 rings (SSSR count). The van der Waals surface area contributed by atoms with Gasteiger partial charge in [0.15, 0.2) is 0 Å². The third-order valence-electron chi connectivity index (χ3n) is 3.69. The normalized spacial score (nSPS) is 19.6. The predicted molar refractivity (Wildman–Crippen MR) is 77.7 cm³/mol. The van der Waals surface area contributed by atoms with E-state index >= 15 is 0 Å². The highest BCUT2D eigenvalue weighted by Gasteiger charge is 2.31. The number of nitrogens with zero attached hydrogens (tertiary/aromatic N) is 4. The summed E-state index contributed by atoms with van der Waals surface area (Å²) in [5.41, 5.74) is 0.569. The molecule has 1 aliphatic rings. The lowest BCUT2D eigenvalue weighted by atomic mass is 10.4. The molecule has 0 spiro atoms.